The number of aliphatic hydroxyl groups is 1. The fourth-order valence-electron chi connectivity index (χ4n) is 1.20. The first-order valence-electron chi connectivity index (χ1n) is 4.63. The summed E-state index contributed by atoms with van der Waals surface area (Å²) >= 11 is 5.68. The lowest BCUT2D eigenvalue weighted by molar-refractivity contribution is 0.281. The molecular weight excluding hydrogens is 228 g/mol. The van der Waals surface area contributed by atoms with Gasteiger partial charge < -0.3 is 9.84 Å². The molecule has 0 spiro atoms. The van der Waals surface area contributed by atoms with Crippen molar-refractivity contribution in [2.45, 2.75) is 6.61 Å². The van der Waals surface area contributed by atoms with Crippen molar-refractivity contribution < 1.29 is 9.84 Å². The second kappa shape index (κ2) is 4.92. The highest BCUT2D eigenvalue weighted by atomic mass is 35.5. The topological polar surface area (TPSA) is 55.2 Å². The van der Waals surface area contributed by atoms with Crippen LogP contribution in [0.5, 0.6) is 11.6 Å². The Morgan fingerprint density at radius 3 is 2.94 bits per heavy atom. The maximum atomic E-state index is 8.97. The van der Waals surface area contributed by atoms with Crippen molar-refractivity contribution in [1.82, 2.24) is 9.97 Å². The number of hydrogen-bond donors (Lipinski definition) is 1. The Morgan fingerprint density at radius 1 is 1.31 bits per heavy atom. The van der Waals surface area contributed by atoms with E-state index < -0.39 is 0 Å². The number of aromatic nitrogens is 2. The molecule has 0 saturated carbocycles. The van der Waals surface area contributed by atoms with Gasteiger partial charge in [0.05, 0.1) is 19.0 Å². The summed E-state index contributed by atoms with van der Waals surface area (Å²) in [7, 11) is 0. The molecule has 0 fully saturated rings. The summed E-state index contributed by atoms with van der Waals surface area (Å²) in [4.78, 5) is 7.80. The number of aliphatic hydroxyl groups excluding tert-OH is 1. The van der Waals surface area contributed by atoms with E-state index in [1.807, 2.05) is 0 Å². The van der Waals surface area contributed by atoms with E-state index in [2.05, 4.69) is 9.97 Å². The van der Waals surface area contributed by atoms with Crippen LogP contribution < -0.4 is 4.74 Å². The Balaban J connectivity index is 2.20. The zero-order valence-corrected chi connectivity index (χ0v) is 9.05. The largest absolute Gasteiger partial charge is 0.437 e. The molecule has 16 heavy (non-hydrogen) atoms. The SMILES string of the molecule is OCc1cccc(Oc2cncc(Cl)n2)c1. The molecule has 0 aliphatic carbocycles. The quantitative estimate of drug-likeness (QED) is 0.889. The Kier molecular flexibility index (Phi) is 3.34. The van der Waals surface area contributed by atoms with Crippen LogP contribution in [0.25, 0.3) is 0 Å². The lowest BCUT2D eigenvalue weighted by atomic mass is 10.2. The van der Waals surface area contributed by atoms with Crippen molar-refractivity contribution in [3.8, 4) is 11.6 Å². The molecule has 82 valence electrons. The van der Waals surface area contributed by atoms with Crippen molar-refractivity contribution in [2.24, 2.45) is 0 Å². The van der Waals surface area contributed by atoms with Crippen LogP contribution in [-0.2, 0) is 6.61 Å². The summed E-state index contributed by atoms with van der Waals surface area (Å²) in [6, 6.07) is 7.08. The van der Waals surface area contributed by atoms with Gasteiger partial charge >= 0.3 is 0 Å². The van der Waals surface area contributed by atoms with Gasteiger partial charge in [-0.15, -0.1) is 0 Å². The smallest absolute Gasteiger partial charge is 0.239 e. The van der Waals surface area contributed by atoms with Gasteiger partial charge in [-0.1, -0.05) is 23.7 Å². The van der Waals surface area contributed by atoms with Crippen LogP contribution in [0.2, 0.25) is 5.15 Å². The van der Waals surface area contributed by atoms with Crippen LogP contribution >= 0.6 is 11.6 Å². The maximum Gasteiger partial charge on any atom is 0.239 e. The molecule has 2 rings (SSSR count). The lowest BCUT2D eigenvalue weighted by Gasteiger charge is -2.05. The zero-order chi connectivity index (χ0) is 11.4. The van der Waals surface area contributed by atoms with E-state index >= 15 is 0 Å². The van der Waals surface area contributed by atoms with Gasteiger partial charge in [0.15, 0.2) is 5.15 Å². The molecule has 1 aromatic heterocycles. The minimum Gasteiger partial charge on any atom is -0.437 e. The first kappa shape index (κ1) is 10.9. The van der Waals surface area contributed by atoms with Gasteiger partial charge in [-0.2, -0.15) is 4.98 Å². The molecule has 1 N–H and O–H groups in total. The van der Waals surface area contributed by atoms with E-state index in [9.17, 15) is 0 Å². The van der Waals surface area contributed by atoms with Crippen LogP contribution in [0.3, 0.4) is 0 Å². The Morgan fingerprint density at radius 2 is 2.19 bits per heavy atom. The van der Waals surface area contributed by atoms with Crippen molar-refractivity contribution >= 4 is 11.6 Å². The zero-order valence-electron chi connectivity index (χ0n) is 8.30. The Labute approximate surface area is 97.5 Å². The van der Waals surface area contributed by atoms with E-state index in [1.54, 1.807) is 24.3 Å². The van der Waals surface area contributed by atoms with Crippen LogP contribution in [0.15, 0.2) is 36.7 Å². The summed E-state index contributed by atoms with van der Waals surface area (Å²) in [6.45, 7) is -0.0293. The fourth-order valence-corrected chi connectivity index (χ4v) is 1.34. The molecule has 0 aliphatic rings. The highest BCUT2D eigenvalue weighted by molar-refractivity contribution is 6.29. The fraction of sp³-hybridized carbons (Fsp3) is 0.0909. The molecule has 1 heterocycles. The van der Waals surface area contributed by atoms with Crippen molar-refractivity contribution in [2.75, 3.05) is 0 Å². The molecule has 0 aliphatic heterocycles. The predicted molar refractivity (Wildman–Crippen MR) is 59.5 cm³/mol. The molecule has 5 heteroatoms. The van der Waals surface area contributed by atoms with Gasteiger partial charge in [0.25, 0.3) is 0 Å². The van der Waals surface area contributed by atoms with Crippen LogP contribution in [0, 0.1) is 0 Å². The average Bonchev–Trinajstić information content (AvgIpc) is 2.29. The number of halogens is 1. The molecule has 4 nitrogen and oxygen atoms in total. The van der Waals surface area contributed by atoms with Crippen LogP contribution in [0.4, 0.5) is 0 Å². The molecule has 2 aromatic rings. The number of nitrogens with zero attached hydrogens (tertiary/aromatic N) is 2. The minimum absolute atomic E-state index is 0.0293. The highest BCUT2D eigenvalue weighted by Crippen LogP contribution is 2.20. The second-order valence-electron chi connectivity index (χ2n) is 3.09. The number of benzene rings is 1. The van der Waals surface area contributed by atoms with Crippen LogP contribution in [0.1, 0.15) is 5.56 Å². The van der Waals surface area contributed by atoms with E-state index in [0.717, 1.165) is 5.56 Å². The van der Waals surface area contributed by atoms with Gasteiger partial charge in [-0.05, 0) is 17.7 Å². The maximum absolute atomic E-state index is 8.97. The third kappa shape index (κ3) is 2.68. The highest BCUT2D eigenvalue weighted by Gasteiger charge is 2.01. The number of rotatable bonds is 3. The Bertz CT molecular complexity index is 491. The predicted octanol–water partition coefficient (Wildman–Crippen LogP) is 2.41. The standard InChI is InChI=1S/C11H9ClN2O2/c12-10-5-13-6-11(14-10)16-9-3-1-2-8(4-9)7-15/h1-6,15H,7H2. The normalized spacial score (nSPS) is 10.1. The van der Waals surface area contributed by atoms with Gasteiger partial charge in [-0.3, -0.25) is 4.98 Å². The summed E-state index contributed by atoms with van der Waals surface area (Å²) in [5.41, 5.74) is 0.771. The van der Waals surface area contributed by atoms with E-state index in [4.69, 9.17) is 21.4 Å². The first-order valence-corrected chi connectivity index (χ1v) is 5.01. The number of hydrogen-bond acceptors (Lipinski definition) is 4. The summed E-state index contributed by atoms with van der Waals surface area (Å²) in [5.74, 6) is 0.908. The van der Waals surface area contributed by atoms with E-state index in [-0.39, 0.29) is 11.8 Å². The minimum atomic E-state index is -0.0293. The summed E-state index contributed by atoms with van der Waals surface area (Å²) < 4.78 is 5.43. The lowest BCUT2D eigenvalue weighted by Crippen LogP contribution is -1.90. The monoisotopic (exact) mass is 236 g/mol. The molecule has 1 aromatic carbocycles. The molecule has 0 atom stereocenters. The van der Waals surface area contributed by atoms with Gasteiger partial charge in [0, 0.05) is 0 Å². The average molecular weight is 237 g/mol. The molecule has 0 unspecified atom stereocenters. The van der Waals surface area contributed by atoms with Gasteiger partial charge in [0.2, 0.25) is 5.88 Å². The number of ether oxygens (including phenoxy) is 1. The molecule has 0 radical (unpaired) electrons. The second-order valence-corrected chi connectivity index (χ2v) is 3.47. The molecular formula is C11H9ClN2O2. The van der Waals surface area contributed by atoms with Gasteiger partial charge in [-0.25, -0.2) is 0 Å². The third-order valence-corrected chi connectivity index (χ3v) is 2.07. The third-order valence-electron chi connectivity index (χ3n) is 1.89. The van der Waals surface area contributed by atoms with Crippen molar-refractivity contribution in [3.05, 3.63) is 47.4 Å². The van der Waals surface area contributed by atoms with E-state index in [0.29, 0.717) is 11.6 Å². The first-order chi connectivity index (χ1) is 7.78. The van der Waals surface area contributed by atoms with Crippen molar-refractivity contribution in [3.63, 3.8) is 0 Å². The van der Waals surface area contributed by atoms with Gasteiger partial charge in [0.1, 0.15) is 5.75 Å². The summed E-state index contributed by atoms with van der Waals surface area (Å²) in [5, 5.41) is 9.24. The summed E-state index contributed by atoms with van der Waals surface area (Å²) in [6.07, 6.45) is 2.90. The van der Waals surface area contributed by atoms with Crippen molar-refractivity contribution in [1.29, 1.82) is 0 Å². The molecule has 0 amide bonds. The van der Waals surface area contributed by atoms with Crippen LogP contribution in [-0.4, -0.2) is 15.1 Å². The molecule has 0 bridgehead atoms. The van der Waals surface area contributed by atoms with E-state index in [1.165, 1.54) is 12.4 Å². The molecule has 0 saturated heterocycles. The Hall–Kier alpha value is -1.65.